The third-order valence-electron chi connectivity index (χ3n) is 4.56. The number of aromatic nitrogens is 3. The molecule has 0 saturated heterocycles. The summed E-state index contributed by atoms with van der Waals surface area (Å²) < 4.78 is 27.2. The fourth-order valence-corrected chi connectivity index (χ4v) is 5.51. The highest BCUT2D eigenvalue weighted by Crippen LogP contribution is 2.63. The number of benzene rings is 1. The third-order valence-corrected chi connectivity index (χ3v) is 6.99. The van der Waals surface area contributed by atoms with Crippen molar-refractivity contribution in [2.45, 2.75) is 45.7 Å². The Morgan fingerprint density at radius 2 is 1.79 bits per heavy atom. The van der Waals surface area contributed by atoms with E-state index >= 15 is 0 Å². The molecule has 28 heavy (non-hydrogen) atoms. The van der Waals surface area contributed by atoms with Gasteiger partial charge in [0.05, 0.1) is 25.1 Å². The van der Waals surface area contributed by atoms with Gasteiger partial charge in [-0.1, -0.05) is 43.7 Å². The van der Waals surface area contributed by atoms with Crippen LogP contribution in [0.3, 0.4) is 0 Å². The predicted octanol–water partition coefficient (Wildman–Crippen LogP) is 5.43. The van der Waals surface area contributed by atoms with Crippen molar-refractivity contribution in [3.8, 4) is 0 Å². The van der Waals surface area contributed by atoms with Crippen molar-refractivity contribution in [2.24, 2.45) is 0 Å². The van der Waals surface area contributed by atoms with Crippen molar-refractivity contribution in [1.29, 1.82) is 0 Å². The summed E-state index contributed by atoms with van der Waals surface area (Å²) in [6.45, 7) is 6.42. The van der Waals surface area contributed by atoms with Gasteiger partial charge in [0.2, 0.25) is 0 Å². The van der Waals surface area contributed by atoms with Crippen molar-refractivity contribution in [3.05, 3.63) is 65.6 Å². The van der Waals surface area contributed by atoms with Crippen LogP contribution in [0.2, 0.25) is 0 Å². The smallest absolute Gasteiger partial charge is 0.308 e. The largest absolute Gasteiger partial charge is 0.344 e. The van der Waals surface area contributed by atoms with Crippen LogP contribution in [0.5, 0.6) is 0 Å². The molecular weight excluding hydrogens is 373 g/mol. The third kappa shape index (κ3) is 4.35. The normalized spacial score (nSPS) is 13.1. The van der Waals surface area contributed by atoms with Crippen LogP contribution in [0, 0.1) is 0 Å². The molecule has 0 spiro atoms. The second-order valence-electron chi connectivity index (χ2n) is 6.57. The van der Waals surface area contributed by atoms with Crippen molar-refractivity contribution in [1.82, 2.24) is 14.6 Å². The molecule has 0 N–H and O–H groups in total. The minimum atomic E-state index is -3.49. The molecule has 1 aromatic carbocycles. The van der Waals surface area contributed by atoms with E-state index in [1.54, 1.807) is 10.7 Å². The summed E-state index contributed by atoms with van der Waals surface area (Å²) in [7, 11) is -3.49. The van der Waals surface area contributed by atoms with Crippen LogP contribution in [-0.2, 0) is 20.0 Å². The number of hydrogen-bond donors (Lipinski definition) is 0. The molecule has 1 unspecified atom stereocenters. The lowest BCUT2D eigenvalue weighted by atomic mass is 10.1. The van der Waals surface area contributed by atoms with Crippen LogP contribution >= 0.6 is 7.60 Å². The zero-order valence-electron chi connectivity index (χ0n) is 16.7. The van der Waals surface area contributed by atoms with E-state index in [0.29, 0.717) is 13.2 Å². The Hall–Kier alpha value is -2.01. The van der Waals surface area contributed by atoms with Crippen LogP contribution in [0.1, 0.15) is 56.2 Å². The quantitative estimate of drug-likeness (QED) is 0.424. The first-order valence-corrected chi connectivity index (χ1v) is 11.5. The molecule has 2 heterocycles. The zero-order valence-corrected chi connectivity index (χ0v) is 17.6. The Morgan fingerprint density at radius 1 is 1.07 bits per heavy atom. The lowest BCUT2D eigenvalue weighted by Crippen LogP contribution is -2.14. The molecule has 150 valence electrons. The van der Waals surface area contributed by atoms with Gasteiger partial charge in [0.1, 0.15) is 5.66 Å². The van der Waals surface area contributed by atoms with Gasteiger partial charge >= 0.3 is 7.60 Å². The summed E-state index contributed by atoms with van der Waals surface area (Å²) in [5, 5.41) is 4.44. The molecule has 3 rings (SSSR count). The summed E-state index contributed by atoms with van der Waals surface area (Å²) >= 11 is 0. The Bertz CT molecular complexity index is 932. The number of nitrogens with zero attached hydrogens (tertiary/aromatic N) is 3. The van der Waals surface area contributed by atoms with Gasteiger partial charge in [0.15, 0.2) is 5.65 Å². The van der Waals surface area contributed by atoms with E-state index < -0.39 is 13.3 Å². The molecule has 0 aliphatic rings. The molecular formula is C21H28N3O3P. The van der Waals surface area contributed by atoms with Gasteiger partial charge in [-0.2, -0.15) is 5.10 Å². The SMILES string of the molecule is CCCCc1cc(C(c2ccccc2)P(=O)(OCC)OCC)n2nccc2n1. The molecule has 0 aliphatic carbocycles. The summed E-state index contributed by atoms with van der Waals surface area (Å²) in [5.41, 5.74) is 2.77. The molecule has 7 heteroatoms. The van der Waals surface area contributed by atoms with Crippen molar-refractivity contribution >= 4 is 13.2 Å². The van der Waals surface area contributed by atoms with E-state index in [0.717, 1.165) is 41.9 Å². The number of rotatable bonds is 10. The summed E-state index contributed by atoms with van der Waals surface area (Å²) in [6.07, 6.45) is 4.70. The van der Waals surface area contributed by atoms with Crippen LogP contribution < -0.4 is 0 Å². The van der Waals surface area contributed by atoms with Gasteiger partial charge in [0.25, 0.3) is 0 Å². The maximum absolute atomic E-state index is 13.9. The number of aryl methyl sites for hydroxylation is 1. The summed E-state index contributed by atoms with van der Waals surface area (Å²) in [4.78, 5) is 4.71. The van der Waals surface area contributed by atoms with E-state index in [4.69, 9.17) is 14.0 Å². The first-order valence-electron chi connectivity index (χ1n) is 9.90. The fraction of sp³-hybridized carbons (Fsp3) is 0.429. The highest BCUT2D eigenvalue weighted by atomic mass is 31.2. The molecule has 0 amide bonds. The van der Waals surface area contributed by atoms with Gasteiger partial charge in [-0.25, -0.2) is 9.50 Å². The monoisotopic (exact) mass is 401 g/mol. The van der Waals surface area contributed by atoms with Gasteiger partial charge < -0.3 is 9.05 Å². The molecule has 0 radical (unpaired) electrons. The summed E-state index contributed by atoms with van der Waals surface area (Å²) in [6, 6.07) is 13.6. The first kappa shape index (κ1) is 20.7. The molecule has 1 atom stereocenters. The van der Waals surface area contributed by atoms with Gasteiger partial charge in [-0.05, 0) is 38.3 Å². The van der Waals surface area contributed by atoms with E-state index in [1.807, 2.05) is 56.3 Å². The van der Waals surface area contributed by atoms with Crippen LogP contribution in [0.4, 0.5) is 0 Å². The van der Waals surface area contributed by atoms with Crippen LogP contribution in [0.15, 0.2) is 48.7 Å². The fourth-order valence-electron chi connectivity index (χ4n) is 3.37. The van der Waals surface area contributed by atoms with Gasteiger partial charge in [0, 0.05) is 11.8 Å². The molecule has 3 aromatic rings. The van der Waals surface area contributed by atoms with Gasteiger partial charge in [-0.15, -0.1) is 0 Å². The Labute approximate surface area is 166 Å². The minimum Gasteiger partial charge on any atom is -0.308 e. The maximum Gasteiger partial charge on any atom is 0.344 e. The first-order chi connectivity index (χ1) is 13.6. The van der Waals surface area contributed by atoms with Gasteiger partial charge in [-0.3, -0.25) is 4.57 Å². The Balaban J connectivity index is 2.23. The highest BCUT2D eigenvalue weighted by molar-refractivity contribution is 7.54. The molecule has 0 aliphatic heterocycles. The second kappa shape index (κ2) is 9.46. The molecule has 6 nitrogen and oxygen atoms in total. The highest BCUT2D eigenvalue weighted by Gasteiger charge is 2.40. The molecule has 0 saturated carbocycles. The lowest BCUT2D eigenvalue weighted by molar-refractivity contribution is 0.214. The maximum atomic E-state index is 13.9. The van der Waals surface area contributed by atoms with E-state index in [2.05, 4.69) is 12.0 Å². The lowest BCUT2D eigenvalue weighted by Gasteiger charge is -2.27. The summed E-state index contributed by atoms with van der Waals surface area (Å²) in [5.74, 6) is 0. The predicted molar refractivity (Wildman–Crippen MR) is 111 cm³/mol. The van der Waals surface area contributed by atoms with Crippen molar-refractivity contribution in [2.75, 3.05) is 13.2 Å². The zero-order chi connectivity index (χ0) is 20.0. The minimum absolute atomic E-state index is 0.302. The molecule has 2 aromatic heterocycles. The average Bonchev–Trinajstić information content (AvgIpc) is 3.16. The number of unbranched alkanes of at least 4 members (excludes halogenated alkanes) is 1. The van der Waals surface area contributed by atoms with E-state index in [-0.39, 0.29) is 0 Å². The second-order valence-corrected chi connectivity index (χ2v) is 8.68. The number of hydrogen-bond acceptors (Lipinski definition) is 5. The van der Waals surface area contributed by atoms with Crippen LogP contribution in [-0.4, -0.2) is 27.8 Å². The Morgan fingerprint density at radius 3 is 2.43 bits per heavy atom. The van der Waals surface area contributed by atoms with Crippen LogP contribution in [0.25, 0.3) is 5.65 Å². The topological polar surface area (TPSA) is 65.7 Å². The van der Waals surface area contributed by atoms with Crippen molar-refractivity contribution < 1.29 is 13.6 Å². The average molecular weight is 401 g/mol. The Kier molecular flexibility index (Phi) is 7.00. The van der Waals surface area contributed by atoms with Crippen molar-refractivity contribution in [3.63, 3.8) is 0 Å². The van der Waals surface area contributed by atoms with E-state index in [9.17, 15) is 4.57 Å². The molecule has 0 fully saturated rings. The number of fused-ring (bicyclic) bond motifs is 1. The molecule has 0 bridgehead atoms. The van der Waals surface area contributed by atoms with E-state index in [1.165, 1.54) is 0 Å². The standard InChI is InChI=1S/C21H28N3O3P/c1-4-7-13-18-16-19(24-20(23-18)14-15-22-24)21(17-11-9-8-10-12-17)28(25,26-5-2)27-6-3/h8-12,14-16,21H,4-7,13H2,1-3H3.